The van der Waals surface area contributed by atoms with Crippen LogP contribution in [0.15, 0.2) is 72.8 Å². The molecule has 0 unspecified atom stereocenters. The summed E-state index contributed by atoms with van der Waals surface area (Å²) < 4.78 is 13.4. The van der Waals surface area contributed by atoms with Crippen molar-refractivity contribution >= 4 is 46.6 Å². The van der Waals surface area contributed by atoms with Gasteiger partial charge in [0.2, 0.25) is 5.91 Å². The van der Waals surface area contributed by atoms with Gasteiger partial charge in [-0.05, 0) is 53.6 Å². The second-order valence-corrected chi connectivity index (χ2v) is 11.3. The van der Waals surface area contributed by atoms with Gasteiger partial charge >= 0.3 is 11.8 Å². The second kappa shape index (κ2) is 13.6. The molecule has 2 heterocycles. The van der Waals surface area contributed by atoms with Crippen molar-refractivity contribution in [3.05, 3.63) is 99.8 Å². The minimum atomic E-state index is -0.515. The van der Waals surface area contributed by atoms with E-state index in [0.29, 0.717) is 68.1 Å². The molecule has 0 aromatic heterocycles. The molecule has 2 saturated heterocycles. The average Bonchev–Trinajstić information content (AvgIpc) is 2.99. The van der Waals surface area contributed by atoms with Gasteiger partial charge in [-0.25, -0.2) is 4.39 Å². The molecule has 0 radical (unpaired) electrons. The zero-order valence-corrected chi connectivity index (χ0v) is 24.5. The summed E-state index contributed by atoms with van der Waals surface area (Å²) in [7, 11) is 0. The van der Waals surface area contributed by atoms with E-state index in [1.165, 1.54) is 18.2 Å². The van der Waals surface area contributed by atoms with E-state index in [2.05, 4.69) is 10.2 Å². The summed E-state index contributed by atoms with van der Waals surface area (Å²) in [5.74, 6) is -1.69. The molecule has 1 N–H and O–H groups in total. The topological polar surface area (TPSA) is 76.2 Å². The van der Waals surface area contributed by atoms with Gasteiger partial charge < -0.3 is 15.1 Å². The molecule has 0 atom stereocenters. The summed E-state index contributed by atoms with van der Waals surface area (Å²) in [6.07, 6.45) is 0. The predicted octanol–water partition coefficient (Wildman–Crippen LogP) is 4.15. The molecule has 220 valence electrons. The Hall–Kier alpha value is -3.50. The summed E-state index contributed by atoms with van der Waals surface area (Å²) >= 11 is 12.3. The van der Waals surface area contributed by atoms with Crippen LogP contribution in [0.1, 0.15) is 17.2 Å². The molecule has 2 aliphatic rings. The first kappa shape index (κ1) is 30.0. The fourth-order valence-corrected chi connectivity index (χ4v) is 5.69. The summed E-state index contributed by atoms with van der Waals surface area (Å²) in [6.45, 7) is 3.83. The van der Waals surface area contributed by atoms with Crippen LogP contribution in [0.5, 0.6) is 0 Å². The summed E-state index contributed by atoms with van der Waals surface area (Å²) in [5.41, 5.74) is 2.56. The number of nitrogens with one attached hydrogen (secondary N) is 1. The number of rotatable bonds is 6. The summed E-state index contributed by atoms with van der Waals surface area (Å²) in [6, 6.07) is 21.2. The van der Waals surface area contributed by atoms with Gasteiger partial charge in [-0.3, -0.25) is 24.2 Å². The third-order valence-electron chi connectivity index (χ3n) is 7.66. The fourth-order valence-electron chi connectivity index (χ4n) is 5.44. The van der Waals surface area contributed by atoms with Crippen molar-refractivity contribution < 1.29 is 18.8 Å². The minimum Gasteiger partial charge on any atom is -0.332 e. The lowest BCUT2D eigenvalue weighted by Crippen LogP contribution is -2.57. The van der Waals surface area contributed by atoms with Gasteiger partial charge in [0, 0.05) is 68.1 Å². The second-order valence-electron chi connectivity index (χ2n) is 10.5. The number of halogens is 3. The van der Waals surface area contributed by atoms with E-state index < -0.39 is 17.6 Å². The molecule has 0 spiro atoms. The van der Waals surface area contributed by atoms with Gasteiger partial charge in [-0.1, -0.05) is 53.5 Å². The lowest BCUT2D eigenvalue weighted by molar-refractivity contribution is -0.154. The highest BCUT2D eigenvalue weighted by Crippen LogP contribution is 2.31. The lowest BCUT2D eigenvalue weighted by atomic mass is 9.96. The molecule has 3 amide bonds. The highest BCUT2D eigenvalue weighted by molar-refractivity contribution is 6.35. The van der Waals surface area contributed by atoms with E-state index >= 15 is 0 Å². The molecule has 11 heteroatoms. The van der Waals surface area contributed by atoms with Crippen molar-refractivity contribution in [3.63, 3.8) is 0 Å². The number of anilines is 1. The van der Waals surface area contributed by atoms with Gasteiger partial charge in [0.15, 0.2) is 0 Å². The quantitative estimate of drug-likeness (QED) is 0.424. The number of carbonyl (C=O) groups is 3. The van der Waals surface area contributed by atoms with Crippen LogP contribution in [-0.4, -0.2) is 96.2 Å². The Bertz CT molecular complexity index is 1360. The normalized spacial score (nSPS) is 16.5. The smallest absolute Gasteiger partial charge is 0.312 e. The molecular weight excluding hydrogens is 580 g/mol. The zero-order chi connectivity index (χ0) is 29.6. The standard InChI is InChI=1S/C31H32Cl2FN5O3/c32-24-8-4-22(5-9-24)29(23-6-10-25(33)11-7-23)37-16-18-39(19-17-37)31(42)30(41)38-14-12-36(13-15-38)21-28(40)35-27-3-1-2-26(34)20-27/h1-11,20,29H,12-19,21H2,(H,35,40). The number of carbonyl (C=O) groups excluding carboxylic acids is 3. The molecule has 2 aliphatic heterocycles. The Labute approximate surface area is 254 Å². The molecule has 42 heavy (non-hydrogen) atoms. The molecule has 3 aromatic rings. The van der Waals surface area contributed by atoms with Gasteiger partial charge in [-0.2, -0.15) is 0 Å². The highest BCUT2D eigenvalue weighted by Gasteiger charge is 2.33. The van der Waals surface area contributed by atoms with Crippen LogP contribution in [0.25, 0.3) is 0 Å². The van der Waals surface area contributed by atoms with Crippen molar-refractivity contribution in [3.8, 4) is 0 Å². The first-order chi connectivity index (χ1) is 20.3. The molecular formula is C31H32Cl2FN5O3. The minimum absolute atomic E-state index is 0.0429. The van der Waals surface area contributed by atoms with Crippen LogP contribution in [0.4, 0.5) is 10.1 Å². The summed E-state index contributed by atoms with van der Waals surface area (Å²) in [4.78, 5) is 46.0. The van der Waals surface area contributed by atoms with Crippen LogP contribution in [-0.2, 0) is 14.4 Å². The maximum Gasteiger partial charge on any atom is 0.312 e. The van der Waals surface area contributed by atoms with E-state index in [4.69, 9.17) is 23.2 Å². The van der Waals surface area contributed by atoms with Crippen LogP contribution < -0.4 is 5.32 Å². The number of benzene rings is 3. The molecule has 8 nitrogen and oxygen atoms in total. The molecule has 0 saturated carbocycles. The summed E-state index contributed by atoms with van der Waals surface area (Å²) in [5, 5.41) is 4.01. The zero-order valence-electron chi connectivity index (χ0n) is 23.0. The number of hydrogen-bond donors (Lipinski definition) is 1. The molecule has 0 aliphatic carbocycles. The predicted molar refractivity (Wildman–Crippen MR) is 161 cm³/mol. The van der Waals surface area contributed by atoms with Crippen LogP contribution in [0.3, 0.4) is 0 Å². The van der Waals surface area contributed by atoms with Crippen LogP contribution in [0, 0.1) is 5.82 Å². The van der Waals surface area contributed by atoms with Gasteiger partial charge in [0.25, 0.3) is 0 Å². The lowest BCUT2D eigenvalue weighted by Gasteiger charge is -2.40. The van der Waals surface area contributed by atoms with E-state index in [1.807, 2.05) is 53.4 Å². The highest BCUT2D eigenvalue weighted by atomic mass is 35.5. The third kappa shape index (κ3) is 7.46. The molecule has 3 aromatic carbocycles. The van der Waals surface area contributed by atoms with Crippen LogP contribution in [0.2, 0.25) is 10.0 Å². The first-order valence-corrected chi connectivity index (χ1v) is 14.6. The average molecular weight is 613 g/mol. The monoisotopic (exact) mass is 611 g/mol. The number of nitrogens with zero attached hydrogens (tertiary/aromatic N) is 4. The van der Waals surface area contributed by atoms with E-state index in [-0.39, 0.29) is 18.5 Å². The number of piperazine rings is 2. The molecule has 5 rings (SSSR count). The molecule has 2 fully saturated rings. The van der Waals surface area contributed by atoms with Gasteiger partial charge in [-0.15, -0.1) is 0 Å². The number of hydrogen-bond acceptors (Lipinski definition) is 5. The Morgan fingerprint density at radius 1 is 0.714 bits per heavy atom. The maximum absolute atomic E-state index is 13.4. The third-order valence-corrected chi connectivity index (χ3v) is 8.16. The van der Waals surface area contributed by atoms with Crippen molar-refractivity contribution in [1.82, 2.24) is 19.6 Å². The Morgan fingerprint density at radius 3 is 1.71 bits per heavy atom. The first-order valence-electron chi connectivity index (χ1n) is 13.9. The van der Waals surface area contributed by atoms with Crippen molar-refractivity contribution in [2.24, 2.45) is 0 Å². The van der Waals surface area contributed by atoms with E-state index in [1.54, 1.807) is 15.9 Å². The van der Waals surface area contributed by atoms with Crippen molar-refractivity contribution in [2.45, 2.75) is 6.04 Å². The fraction of sp³-hybridized carbons (Fsp3) is 0.323. The maximum atomic E-state index is 13.4. The van der Waals surface area contributed by atoms with Crippen molar-refractivity contribution in [2.75, 3.05) is 64.2 Å². The van der Waals surface area contributed by atoms with E-state index in [0.717, 1.165) is 11.1 Å². The van der Waals surface area contributed by atoms with Crippen molar-refractivity contribution in [1.29, 1.82) is 0 Å². The molecule has 0 bridgehead atoms. The number of amides is 3. The van der Waals surface area contributed by atoms with E-state index in [9.17, 15) is 18.8 Å². The van der Waals surface area contributed by atoms with Gasteiger partial charge in [0.05, 0.1) is 12.6 Å². The van der Waals surface area contributed by atoms with Gasteiger partial charge in [0.1, 0.15) is 5.82 Å². The largest absolute Gasteiger partial charge is 0.332 e. The Kier molecular flexibility index (Phi) is 9.74. The SMILES string of the molecule is O=C(CN1CCN(C(=O)C(=O)N2CCN(C(c3ccc(Cl)cc3)c3ccc(Cl)cc3)CC2)CC1)Nc1cccc(F)c1. The van der Waals surface area contributed by atoms with Crippen LogP contribution >= 0.6 is 23.2 Å². The Morgan fingerprint density at radius 2 is 1.21 bits per heavy atom. The Balaban J connectivity index is 1.13.